The Morgan fingerprint density at radius 3 is 2.56 bits per heavy atom. The molecule has 0 bridgehead atoms. The summed E-state index contributed by atoms with van der Waals surface area (Å²) in [7, 11) is 0. The topological polar surface area (TPSA) is 117 Å². The molecule has 1 aliphatic heterocycles. The summed E-state index contributed by atoms with van der Waals surface area (Å²) in [4.78, 5) is 22.1. The Morgan fingerprint density at radius 1 is 1.19 bits per heavy atom. The number of carbonyl (C=O) groups is 1. The molecule has 9 nitrogen and oxygen atoms in total. The summed E-state index contributed by atoms with van der Waals surface area (Å²) in [5.41, 5.74) is 5.73. The van der Waals surface area contributed by atoms with Crippen LogP contribution in [0.5, 0.6) is 5.75 Å². The quantitative estimate of drug-likeness (QED) is 0.660. The van der Waals surface area contributed by atoms with Crippen LogP contribution < -0.4 is 15.4 Å². The highest BCUT2D eigenvalue weighted by molar-refractivity contribution is 5.95. The van der Waals surface area contributed by atoms with E-state index in [1.165, 1.54) is 6.20 Å². The third-order valence-electron chi connectivity index (χ3n) is 6.36. The smallest absolute Gasteiger partial charge is 0.324 e. The number of pyridine rings is 1. The van der Waals surface area contributed by atoms with Gasteiger partial charge in [-0.1, -0.05) is 19.0 Å². The average Bonchev–Trinajstić information content (AvgIpc) is 3.30. The number of hydrogen-bond donors (Lipinski definition) is 1. The lowest BCUT2D eigenvalue weighted by atomic mass is 9.87. The van der Waals surface area contributed by atoms with Crippen molar-refractivity contribution in [2.75, 3.05) is 24.6 Å². The van der Waals surface area contributed by atoms with Crippen LogP contribution in [0.1, 0.15) is 74.5 Å². The number of piperidine rings is 1. The van der Waals surface area contributed by atoms with Gasteiger partial charge in [0, 0.05) is 31.4 Å². The molecule has 9 heteroatoms. The van der Waals surface area contributed by atoms with Crippen LogP contribution in [0.15, 0.2) is 23.0 Å². The minimum atomic E-state index is -0.518. The zero-order valence-corrected chi connectivity index (χ0v) is 18.9. The number of anilines is 1. The third kappa shape index (κ3) is 5.56. The van der Waals surface area contributed by atoms with E-state index in [9.17, 15) is 4.79 Å². The SMILES string of the molecule is CC(C)c1noc(N2CCC(OC3CCC(COc4ccncc4C(N)=O)CC3)CC2)n1. The summed E-state index contributed by atoms with van der Waals surface area (Å²) >= 11 is 0. The molecule has 2 aliphatic rings. The predicted octanol–water partition coefficient (Wildman–Crippen LogP) is 3.31. The minimum Gasteiger partial charge on any atom is -0.492 e. The van der Waals surface area contributed by atoms with Crippen LogP contribution in [-0.2, 0) is 4.74 Å². The molecule has 1 saturated heterocycles. The molecule has 0 atom stereocenters. The van der Waals surface area contributed by atoms with Gasteiger partial charge in [-0.25, -0.2) is 0 Å². The summed E-state index contributed by atoms with van der Waals surface area (Å²) in [6, 6.07) is 2.32. The summed E-state index contributed by atoms with van der Waals surface area (Å²) < 4.78 is 17.7. The molecule has 174 valence electrons. The van der Waals surface area contributed by atoms with Crippen molar-refractivity contribution in [1.82, 2.24) is 15.1 Å². The lowest BCUT2D eigenvalue weighted by molar-refractivity contribution is -0.0482. The number of nitrogens with zero attached hydrogens (tertiary/aromatic N) is 4. The monoisotopic (exact) mass is 443 g/mol. The van der Waals surface area contributed by atoms with Gasteiger partial charge in [-0.2, -0.15) is 4.98 Å². The molecule has 2 aromatic rings. The summed E-state index contributed by atoms with van der Waals surface area (Å²) in [5.74, 6) is 1.48. The molecule has 2 fully saturated rings. The maximum Gasteiger partial charge on any atom is 0.324 e. The molecule has 1 saturated carbocycles. The van der Waals surface area contributed by atoms with E-state index < -0.39 is 5.91 Å². The molecule has 0 spiro atoms. The van der Waals surface area contributed by atoms with Crippen LogP contribution in [0.3, 0.4) is 0 Å². The van der Waals surface area contributed by atoms with Crippen molar-refractivity contribution in [3.8, 4) is 5.75 Å². The highest BCUT2D eigenvalue weighted by Gasteiger charge is 2.28. The van der Waals surface area contributed by atoms with Gasteiger partial charge in [-0.15, -0.1) is 0 Å². The van der Waals surface area contributed by atoms with Crippen molar-refractivity contribution in [3.63, 3.8) is 0 Å². The molecule has 0 unspecified atom stereocenters. The Bertz CT molecular complexity index is 886. The van der Waals surface area contributed by atoms with E-state index in [1.807, 2.05) is 0 Å². The van der Waals surface area contributed by atoms with Gasteiger partial charge in [0.25, 0.3) is 5.91 Å². The number of aromatic nitrogens is 3. The summed E-state index contributed by atoms with van der Waals surface area (Å²) in [6.07, 6.45) is 9.78. The third-order valence-corrected chi connectivity index (χ3v) is 6.36. The van der Waals surface area contributed by atoms with Gasteiger partial charge in [0.15, 0.2) is 5.82 Å². The lowest BCUT2D eigenvalue weighted by Gasteiger charge is -2.35. The maximum absolute atomic E-state index is 11.5. The number of amides is 1. The minimum absolute atomic E-state index is 0.267. The number of primary amides is 1. The van der Waals surface area contributed by atoms with Gasteiger partial charge >= 0.3 is 6.01 Å². The van der Waals surface area contributed by atoms with E-state index in [4.69, 9.17) is 19.7 Å². The number of ether oxygens (including phenoxy) is 2. The largest absolute Gasteiger partial charge is 0.492 e. The summed E-state index contributed by atoms with van der Waals surface area (Å²) in [6.45, 7) is 6.46. The van der Waals surface area contributed by atoms with Crippen molar-refractivity contribution in [2.45, 2.75) is 70.5 Å². The Kier molecular flexibility index (Phi) is 7.24. The van der Waals surface area contributed by atoms with Crippen molar-refractivity contribution in [3.05, 3.63) is 29.8 Å². The summed E-state index contributed by atoms with van der Waals surface area (Å²) in [5, 5.41) is 4.06. The van der Waals surface area contributed by atoms with E-state index in [0.29, 0.717) is 36.0 Å². The van der Waals surface area contributed by atoms with E-state index >= 15 is 0 Å². The number of carbonyl (C=O) groups excluding carboxylic acids is 1. The fourth-order valence-corrected chi connectivity index (χ4v) is 4.38. The molecule has 1 aliphatic carbocycles. The first-order valence-corrected chi connectivity index (χ1v) is 11.6. The molecule has 0 radical (unpaired) electrons. The Hall–Kier alpha value is -2.68. The van der Waals surface area contributed by atoms with Gasteiger partial charge < -0.3 is 24.6 Å². The van der Waals surface area contributed by atoms with Crippen LogP contribution in [0.4, 0.5) is 6.01 Å². The van der Waals surface area contributed by atoms with Gasteiger partial charge in [0.05, 0.1) is 24.4 Å². The molecule has 32 heavy (non-hydrogen) atoms. The number of nitrogens with two attached hydrogens (primary N) is 1. The van der Waals surface area contributed by atoms with Crippen LogP contribution in [-0.4, -0.2) is 52.9 Å². The Labute approximate surface area is 188 Å². The molecule has 1 amide bonds. The molecule has 2 N–H and O–H groups in total. The van der Waals surface area contributed by atoms with Crippen LogP contribution >= 0.6 is 0 Å². The van der Waals surface area contributed by atoms with E-state index in [1.54, 1.807) is 12.3 Å². The zero-order chi connectivity index (χ0) is 22.5. The van der Waals surface area contributed by atoms with Crippen LogP contribution in [0.25, 0.3) is 0 Å². The fraction of sp³-hybridized carbons (Fsp3) is 0.652. The predicted molar refractivity (Wildman–Crippen MR) is 119 cm³/mol. The molecule has 4 rings (SSSR count). The normalized spacial score (nSPS) is 22.3. The van der Waals surface area contributed by atoms with Crippen LogP contribution in [0.2, 0.25) is 0 Å². The van der Waals surface area contributed by atoms with E-state index in [0.717, 1.165) is 57.4 Å². The standard InChI is InChI=1S/C23H33N5O4/c1-15(2)22-26-23(32-27-22)28-11-8-18(9-12-28)31-17-5-3-16(4-6-17)14-30-20-7-10-25-13-19(20)21(24)29/h7,10,13,15-18H,3-6,8-9,11-12,14H2,1-2H3,(H2,24,29). The van der Waals surface area contributed by atoms with Crippen molar-refractivity contribution < 1.29 is 18.8 Å². The van der Waals surface area contributed by atoms with Gasteiger partial charge in [0.2, 0.25) is 0 Å². The molecule has 2 aromatic heterocycles. The molecular weight excluding hydrogens is 410 g/mol. The van der Waals surface area contributed by atoms with Crippen molar-refractivity contribution in [2.24, 2.45) is 11.7 Å². The second-order valence-corrected chi connectivity index (χ2v) is 9.10. The number of rotatable bonds is 8. The van der Waals surface area contributed by atoms with E-state index in [-0.39, 0.29) is 12.0 Å². The molecule has 0 aromatic carbocycles. The zero-order valence-electron chi connectivity index (χ0n) is 18.9. The van der Waals surface area contributed by atoms with Gasteiger partial charge in [-0.3, -0.25) is 9.78 Å². The lowest BCUT2D eigenvalue weighted by Crippen LogP contribution is -2.39. The van der Waals surface area contributed by atoms with Crippen molar-refractivity contribution >= 4 is 11.9 Å². The van der Waals surface area contributed by atoms with Crippen molar-refractivity contribution in [1.29, 1.82) is 0 Å². The molecular formula is C23H33N5O4. The van der Waals surface area contributed by atoms with Gasteiger partial charge in [-0.05, 0) is 50.5 Å². The average molecular weight is 444 g/mol. The highest BCUT2D eigenvalue weighted by atomic mass is 16.5. The highest BCUT2D eigenvalue weighted by Crippen LogP contribution is 2.30. The second-order valence-electron chi connectivity index (χ2n) is 9.10. The second kappa shape index (κ2) is 10.3. The molecule has 3 heterocycles. The Morgan fingerprint density at radius 2 is 1.91 bits per heavy atom. The van der Waals surface area contributed by atoms with Crippen LogP contribution in [0, 0.1) is 5.92 Å². The Balaban J connectivity index is 1.17. The number of hydrogen-bond acceptors (Lipinski definition) is 8. The van der Waals surface area contributed by atoms with E-state index in [2.05, 4.69) is 33.9 Å². The first kappa shape index (κ1) is 22.5. The first-order chi connectivity index (χ1) is 15.5. The fourth-order valence-electron chi connectivity index (χ4n) is 4.38. The first-order valence-electron chi connectivity index (χ1n) is 11.6. The van der Waals surface area contributed by atoms with Gasteiger partial charge in [0.1, 0.15) is 5.75 Å². The maximum atomic E-state index is 11.5.